The van der Waals surface area contributed by atoms with Crippen LogP contribution in [0.3, 0.4) is 0 Å². The molecule has 2 nitrogen and oxygen atoms in total. The van der Waals surface area contributed by atoms with Gasteiger partial charge in [-0.15, -0.1) is 11.3 Å². The van der Waals surface area contributed by atoms with Crippen LogP contribution < -0.4 is 5.73 Å². The fraction of sp³-hybridized carbons (Fsp3) is 0.357. The van der Waals surface area contributed by atoms with E-state index in [1.165, 1.54) is 17.0 Å². The molecule has 96 valence electrons. The van der Waals surface area contributed by atoms with E-state index in [1.54, 1.807) is 17.4 Å². The van der Waals surface area contributed by atoms with Crippen LogP contribution in [0.25, 0.3) is 10.6 Å². The van der Waals surface area contributed by atoms with Crippen LogP contribution in [0, 0.1) is 12.7 Å². The topological polar surface area (TPSA) is 38.9 Å². The summed E-state index contributed by atoms with van der Waals surface area (Å²) < 4.78 is 13.2. The second-order valence-corrected chi connectivity index (χ2v) is 6.03. The number of rotatable bonds is 3. The van der Waals surface area contributed by atoms with Gasteiger partial charge in [0.25, 0.3) is 0 Å². The number of benzene rings is 1. The third kappa shape index (κ3) is 2.44. The quantitative estimate of drug-likeness (QED) is 0.921. The average Bonchev–Trinajstić information content (AvgIpc) is 2.72. The Labute approximate surface area is 111 Å². The number of thiazole rings is 1. The maximum absolute atomic E-state index is 13.2. The molecule has 0 aliphatic heterocycles. The van der Waals surface area contributed by atoms with Gasteiger partial charge in [0.2, 0.25) is 0 Å². The molecule has 0 bridgehead atoms. The smallest absolute Gasteiger partial charge is 0.123 e. The first-order valence-corrected chi connectivity index (χ1v) is 6.69. The predicted octanol–water partition coefficient (Wildman–Crippen LogP) is 3.49. The van der Waals surface area contributed by atoms with Crippen LogP contribution in [0.4, 0.5) is 4.39 Å². The standard InChI is InChI=1S/C14H17FN2S/c1-9-12(14(2,3)8-16)18-13(17-9)10-5-4-6-11(15)7-10/h4-7H,8,16H2,1-3H3. The fourth-order valence-electron chi connectivity index (χ4n) is 1.86. The van der Waals surface area contributed by atoms with E-state index in [0.29, 0.717) is 6.54 Å². The highest BCUT2D eigenvalue weighted by atomic mass is 32.1. The summed E-state index contributed by atoms with van der Waals surface area (Å²) in [5, 5.41) is 0.850. The lowest BCUT2D eigenvalue weighted by Gasteiger charge is -2.20. The van der Waals surface area contributed by atoms with Crippen LogP contribution in [-0.4, -0.2) is 11.5 Å². The molecule has 0 aliphatic rings. The lowest BCUT2D eigenvalue weighted by Crippen LogP contribution is -2.27. The molecule has 0 saturated heterocycles. The molecule has 0 spiro atoms. The van der Waals surface area contributed by atoms with Crippen LogP contribution in [-0.2, 0) is 5.41 Å². The van der Waals surface area contributed by atoms with Crippen LogP contribution in [0.1, 0.15) is 24.4 Å². The van der Waals surface area contributed by atoms with Gasteiger partial charge >= 0.3 is 0 Å². The lowest BCUT2D eigenvalue weighted by molar-refractivity contribution is 0.546. The number of aromatic nitrogens is 1. The Morgan fingerprint density at radius 3 is 2.72 bits per heavy atom. The molecule has 2 aromatic rings. The van der Waals surface area contributed by atoms with Crippen molar-refractivity contribution in [3.63, 3.8) is 0 Å². The number of hydrogen-bond donors (Lipinski definition) is 1. The Hall–Kier alpha value is -1.26. The zero-order valence-electron chi connectivity index (χ0n) is 10.8. The molecule has 0 amide bonds. The maximum atomic E-state index is 13.2. The van der Waals surface area contributed by atoms with Gasteiger partial charge in [0.1, 0.15) is 10.8 Å². The van der Waals surface area contributed by atoms with Crippen molar-refractivity contribution in [3.8, 4) is 10.6 Å². The zero-order valence-corrected chi connectivity index (χ0v) is 11.6. The first-order chi connectivity index (χ1) is 8.44. The average molecular weight is 264 g/mol. The van der Waals surface area contributed by atoms with Gasteiger partial charge in [0, 0.05) is 22.4 Å². The molecule has 18 heavy (non-hydrogen) atoms. The molecule has 0 saturated carbocycles. The second kappa shape index (κ2) is 4.78. The third-order valence-electron chi connectivity index (χ3n) is 2.99. The zero-order chi connectivity index (χ0) is 13.3. The molecule has 0 radical (unpaired) electrons. The molecule has 0 aliphatic carbocycles. The van der Waals surface area contributed by atoms with Crippen molar-refractivity contribution in [1.82, 2.24) is 4.98 Å². The van der Waals surface area contributed by atoms with Gasteiger partial charge in [-0.2, -0.15) is 0 Å². The Kier molecular flexibility index (Phi) is 3.50. The Morgan fingerprint density at radius 1 is 1.39 bits per heavy atom. The van der Waals surface area contributed by atoms with Gasteiger partial charge in [-0.3, -0.25) is 0 Å². The van der Waals surface area contributed by atoms with Gasteiger partial charge in [0.15, 0.2) is 0 Å². The molecule has 1 aromatic heterocycles. The van der Waals surface area contributed by atoms with Gasteiger partial charge < -0.3 is 5.73 Å². The molecule has 0 fully saturated rings. The third-order valence-corrected chi connectivity index (χ3v) is 4.57. The summed E-state index contributed by atoms with van der Waals surface area (Å²) in [7, 11) is 0. The number of hydrogen-bond acceptors (Lipinski definition) is 3. The molecule has 0 atom stereocenters. The van der Waals surface area contributed by atoms with Crippen molar-refractivity contribution >= 4 is 11.3 Å². The van der Waals surface area contributed by atoms with Crippen molar-refractivity contribution in [1.29, 1.82) is 0 Å². The van der Waals surface area contributed by atoms with Crippen molar-refractivity contribution in [2.45, 2.75) is 26.2 Å². The fourth-order valence-corrected chi connectivity index (χ4v) is 3.04. The summed E-state index contributed by atoms with van der Waals surface area (Å²) in [5.74, 6) is -0.236. The normalized spacial score (nSPS) is 11.8. The summed E-state index contributed by atoms with van der Waals surface area (Å²) in [6.45, 7) is 6.75. The summed E-state index contributed by atoms with van der Waals surface area (Å²) in [6, 6.07) is 6.53. The van der Waals surface area contributed by atoms with Crippen LogP contribution >= 0.6 is 11.3 Å². The SMILES string of the molecule is Cc1nc(-c2cccc(F)c2)sc1C(C)(C)CN. The lowest BCUT2D eigenvalue weighted by atomic mass is 9.91. The van der Waals surface area contributed by atoms with E-state index >= 15 is 0 Å². The molecule has 2 N–H and O–H groups in total. The van der Waals surface area contributed by atoms with Gasteiger partial charge in [-0.25, -0.2) is 9.37 Å². The minimum atomic E-state index is -0.236. The molecule has 1 aromatic carbocycles. The van der Waals surface area contributed by atoms with E-state index in [-0.39, 0.29) is 11.2 Å². The van der Waals surface area contributed by atoms with Crippen LogP contribution in [0.5, 0.6) is 0 Å². The van der Waals surface area contributed by atoms with Crippen molar-refractivity contribution in [3.05, 3.63) is 40.7 Å². The van der Waals surface area contributed by atoms with Gasteiger partial charge in [-0.1, -0.05) is 26.0 Å². The number of nitrogens with zero attached hydrogens (tertiary/aromatic N) is 1. The van der Waals surface area contributed by atoms with Crippen molar-refractivity contribution < 1.29 is 4.39 Å². The molecular formula is C14H17FN2S. The van der Waals surface area contributed by atoms with E-state index in [4.69, 9.17) is 5.73 Å². The van der Waals surface area contributed by atoms with E-state index in [0.717, 1.165) is 16.3 Å². The Morgan fingerprint density at radius 2 is 2.11 bits per heavy atom. The highest BCUT2D eigenvalue weighted by Crippen LogP contribution is 2.35. The highest BCUT2D eigenvalue weighted by molar-refractivity contribution is 7.15. The summed E-state index contributed by atoms with van der Waals surface area (Å²) in [5.41, 5.74) is 7.51. The van der Waals surface area contributed by atoms with Crippen LogP contribution in [0.15, 0.2) is 24.3 Å². The van der Waals surface area contributed by atoms with Crippen molar-refractivity contribution in [2.24, 2.45) is 5.73 Å². The molecule has 4 heteroatoms. The van der Waals surface area contributed by atoms with E-state index < -0.39 is 0 Å². The van der Waals surface area contributed by atoms with Gasteiger partial charge in [0.05, 0.1) is 5.69 Å². The van der Waals surface area contributed by atoms with E-state index in [2.05, 4.69) is 18.8 Å². The largest absolute Gasteiger partial charge is 0.330 e. The highest BCUT2D eigenvalue weighted by Gasteiger charge is 2.24. The predicted molar refractivity (Wildman–Crippen MR) is 74.3 cm³/mol. The number of aryl methyl sites for hydroxylation is 1. The second-order valence-electron chi connectivity index (χ2n) is 5.03. The minimum absolute atomic E-state index is 0.0900. The van der Waals surface area contributed by atoms with Crippen molar-refractivity contribution in [2.75, 3.05) is 6.54 Å². The molecule has 2 rings (SSSR count). The molecular weight excluding hydrogens is 247 g/mol. The van der Waals surface area contributed by atoms with Gasteiger partial charge in [-0.05, 0) is 19.1 Å². The number of nitrogens with two attached hydrogens (primary N) is 1. The summed E-state index contributed by atoms with van der Waals surface area (Å²) >= 11 is 1.60. The first kappa shape index (κ1) is 13.2. The van der Waals surface area contributed by atoms with E-state index in [1.807, 2.05) is 13.0 Å². The van der Waals surface area contributed by atoms with Crippen LogP contribution in [0.2, 0.25) is 0 Å². The monoisotopic (exact) mass is 264 g/mol. The Balaban J connectivity index is 2.47. The first-order valence-electron chi connectivity index (χ1n) is 5.88. The van der Waals surface area contributed by atoms with E-state index in [9.17, 15) is 4.39 Å². The number of halogens is 1. The molecule has 0 unspecified atom stereocenters. The minimum Gasteiger partial charge on any atom is -0.330 e. The Bertz CT molecular complexity index is 561. The maximum Gasteiger partial charge on any atom is 0.123 e. The summed E-state index contributed by atoms with van der Waals surface area (Å²) in [4.78, 5) is 5.70. The molecule has 1 heterocycles. The summed E-state index contributed by atoms with van der Waals surface area (Å²) in [6.07, 6.45) is 0.